The normalized spacial score (nSPS) is 21.6. The maximum atomic E-state index is 14.0. The van der Waals surface area contributed by atoms with E-state index < -0.39 is 10.8 Å². The number of benzene rings is 2. The molecule has 0 bridgehead atoms. The summed E-state index contributed by atoms with van der Waals surface area (Å²) in [4.78, 5) is 35.3. The molecule has 1 amide bonds. The third-order valence-corrected chi connectivity index (χ3v) is 9.75. The third kappa shape index (κ3) is 4.76. The van der Waals surface area contributed by atoms with Crippen LogP contribution in [0.25, 0.3) is 0 Å². The molecule has 39 heavy (non-hydrogen) atoms. The predicted molar refractivity (Wildman–Crippen MR) is 151 cm³/mol. The van der Waals surface area contributed by atoms with Gasteiger partial charge in [0.1, 0.15) is 22.4 Å². The number of aromatic nitrogens is 1. The Kier molecular flexibility index (Phi) is 6.99. The number of pyridine rings is 1. The van der Waals surface area contributed by atoms with Gasteiger partial charge in [0.05, 0.1) is 5.69 Å². The molecule has 6 rings (SSSR count). The summed E-state index contributed by atoms with van der Waals surface area (Å²) in [5.41, 5.74) is 1.55. The fraction of sp³-hybridized carbons (Fsp3) is 0.258. The second-order valence-electron chi connectivity index (χ2n) is 9.99. The minimum Gasteiger partial charge on any atom is -0.439 e. The number of hydrogen-bond donors (Lipinski definition) is 0. The number of rotatable bonds is 7. The molecule has 2 aliphatic rings. The summed E-state index contributed by atoms with van der Waals surface area (Å²) in [5, 5.41) is 3.08. The number of carbonyl (C=O) groups is 2. The monoisotopic (exact) mass is 558 g/mol. The summed E-state index contributed by atoms with van der Waals surface area (Å²) < 4.78 is 19.3. The molecule has 0 spiro atoms. The Balaban J connectivity index is 1.34. The minimum atomic E-state index is -1.07. The first-order chi connectivity index (χ1) is 19.0. The molecule has 0 radical (unpaired) electrons. The number of piperidine rings is 1. The van der Waals surface area contributed by atoms with Gasteiger partial charge in [-0.05, 0) is 83.1 Å². The van der Waals surface area contributed by atoms with E-state index in [1.807, 2.05) is 41.1 Å². The van der Waals surface area contributed by atoms with Crippen molar-refractivity contribution in [1.82, 2.24) is 9.88 Å². The molecule has 0 N–H and O–H groups in total. The molecule has 8 heteroatoms. The van der Waals surface area contributed by atoms with Crippen LogP contribution in [0, 0.1) is 5.82 Å². The largest absolute Gasteiger partial charge is 0.439 e. The van der Waals surface area contributed by atoms with E-state index in [0.717, 1.165) is 23.3 Å². The molecule has 3 heterocycles. The Morgan fingerprint density at radius 1 is 1.03 bits per heavy atom. The van der Waals surface area contributed by atoms with Crippen molar-refractivity contribution in [1.29, 1.82) is 0 Å². The molecule has 1 aliphatic heterocycles. The minimum absolute atomic E-state index is 0.0994. The van der Waals surface area contributed by atoms with Crippen LogP contribution in [0.1, 0.15) is 48.4 Å². The lowest BCUT2D eigenvalue weighted by Crippen LogP contribution is -2.58. The van der Waals surface area contributed by atoms with Gasteiger partial charge in [0.15, 0.2) is 5.78 Å². The molecular formula is C31H27FN2O3S2. The van der Waals surface area contributed by atoms with E-state index in [0.29, 0.717) is 23.2 Å². The van der Waals surface area contributed by atoms with Crippen LogP contribution in [-0.4, -0.2) is 33.9 Å². The van der Waals surface area contributed by atoms with Crippen molar-refractivity contribution in [3.05, 3.63) is 106 Å². The van der Waals surface area contributed by atoms with Gasteiger partial charge in [-0.3, -0.25) is 9.59 Å². The Bertz CT molecular complexity index is 1500. The number of amides is 1. The predicted octanol–water partition coefficient (Wildman–Crippen LogP) is 7.18. The van der Waals surface area contributed by atoms with Crippen LogP contribution in [0.3, 0.4) is 0 Å². The fourth-order valence-electron chi connectivity index (χ4n) is 5.38. The SMILES string of the molecule is CN1C(=O)C(Sc2ccccc2C2CCC2)C(=O)CC1(c1ccsc1)c1cccc(Oc2ccc(F)cc2)n1. The fourth-order valence-corrected chi connectivity index (χ4v) is 7.36. The molecule has 2 fully saturated rings. The van der Waals surface area contributed by atoms with E-state index in [4.69, 9.17) is 9.72 Å². The third-order valence-electron chi connectivity index (χ3n) is 7.74. The quantitative estimate of drug-likeness (QED) is 0.225. The topological polar surface area (TPSA) is 59.5 Å². The van der Waals surface area contributed by atoms with E-state index in [2.05, 4.69) is 6.07 Å². The van der Waals surface area contributed by atoms with Crippen LogP contribution >= 0.6 is 23.1 Å². The van der Waals surface area contributed by atoms with Crippen molar-refractivity contribution in [2.45, 2.75) is 47.3 Å². The Labute approximate surface area is 235 Å². The van der Waals surface area contributed by atoms with E-state index in [1.165, 1.54) is 59.3 Å². The van der Waals surface area contributed by atoms with Gasteiger partial charge < -0.3 is 9.64 Å². The van der Waals surface area contributed by atoms with Gasteiger partial charge in [0.2, 0.25) is 11.8 Å². The van der Waals surface area contributed by atoms with Crippen LogP contribution in [0.15, 0.2) is 88.5 Å². The summed E-state index contributed by atoms with van der Waals surface area (Å²) in [6, 6.07) is 21.1. The number of likely N-dealkylation sites (tertiary alicyclic amines) is 1. The molecule has 2 unspecified atom stereocenters. The number of thioether (sulfide) groups is 1. The first-order valence-electron chi connectivity index (χ1n) is 13.0. The molecule has 198 valence electrons. The molecule has 1 saturated carbocycles. The summed E-state index contributed by atoms with van der Waals surface area (Å²) >= 11 is 2.88. The van der Waals surface area contributed by atoms with Gasteiger partial charge in [0.25, 0.3) is 0 Å². The Hall–Kier alpha value is -3.49. The first kappa shape index (κ1) is 25.8. The van der Waals surface area contributed by atoms with Crippen molar-refractivity contribution in [2.24, 2.45) is 0 Å². The van der Waals surface area contributed by atoms with Gasteiger partial charge in [-0.2, -0.15) is 11.3 Å². The maximum Gasteiger partial charge on any atom is 0.244 e. The van der Waals surface area contributed by atoms with E-state index in [-0.39, 0.29) is 23.9 Å². The number of nitrogens with zero attached hydrogens (tertiary/aromatic N) is 2. The van der Waals surface area contributed by atoms with Gasteiger partial charge in [-0.1, -0.05) is 30.7 Å². The Morgan fingerprint density at radius 3 is 2.54 bits per heavy atom. The van der Waals surface area contributed by atoms with Crippen LogP contribution in [0.4, 0.5) is 4.39 Å². The molecule has 2 aromatic heterocycles. The van der Waals surface area contributed by atoms with Crippen molar-refractivity contribution in [2.75, 3.05) is 7.05 Å². The highest BCUT2D eigenvalue weighted by molar-refractivity contribution is 8.01. The van der Waals surface area contributed by atoms with Gasteiger partial charge >= 0.3 is 0 Å². The molecule has 4 aromatic rings. The zero-order chi connectivity index (χ0) is 27.0. The highest BCUT2D eigenvalue weighted by atomic mass is 32.2. The van der Waals surface area contributed by atoms with Crippen LogP contribution in [-0.2, 0) is 15.1 Å². The molecular weight excluding hydrogens is 531 g/mol. The summed E-state index contributed by atoms with van der Waals surface area (Å²) in [6.45, 7) is 0. The lowest BCUT2D eigenvalue weighted by atomic mass is 9.78. The molecule has 1 aliphatic carbocycles. The average Bonchev–Trinajstić information content (AvgIpc) is 3.46. The highest BCUT2D eigenvalue weighted by Gasteiger charge is 2.52. The second-order valence-corrected chi connectivity index (χ2v) is 11.9. The van der Waals surface area contributed by atoms with E-state index >= 15 is 0 Å². The Morgan fingerprint density at radius 2 is 1.82 bits per heavy atom. The van der Waals surface area contributed by atoms with Crippen LogP contribution in [0.5, 0.6) is 11.6 Å². The number of carbonyl (C=O) groups excluding carboxylic acids is 2. The average molecular weight is 559 g/mol. The van der Waals surface area contributed by atoms with Crippen LogP contribution < -0.4 is 4.74 Å². The standard InChI is InChI=1S/C31H27FN2O3S2/c1-34-30(36)29(39-26-9-3-2-8-24(26)20-6-4-7-20)25(35)18-31(34,21-16-17-38-19-21)27-10-5-11-28(33-27)37-23-14-12-22(32)13-15-23/h2-3,5,8-17,19-20,29H,4,6-7,18H2,1H3. The number of Topliss-reactive ketones (excluding diaryl/α,β-unsaturated/α-hetero) is 1. The molecule has 2 aromatic carbocycles. The number of hydrogen-bond acceptors (Lipinski definition) is 6. The maximum absolute atomic E-state index is 14.0. The zero-order valence-electron chi connectivity index (χ0n) is 21.4. The van der Waals surface area contributed by atoms with Gasteiger partial charge in [0, 0.05) is 24.4 Å². The van der Waals surface area contributed by atoms with E-state index in [9.17, 15) is 14.0 Å². The lowest BCUT2D eigenvalue weighted by Gasteiger charge is -2.46. The molecule has 5 nitrogen and oxygen atoms in total. The number of ketones is 1. The van der Waals surface area contributed by atoms with Crippen molar-refractivity contribution in [3.63, 3.8) is 0 Å². The van der Waals surface area contributed by atoms with Crippen LogP contribution in [0.2, 0.25) is 0 Å². The highest BCUT2D eigenvalue weighted by Crippen LogP contribution is 2.47. The second kappa shape index (κ2) is 10.6. The van der Waals surface area contributed by atoms with Gasteiger partial charge in [-0.25, -0.2) is 9.37 Å². The van der Waals surface area contributed by atoms with Crippen molar-refractivity contribution in [3.8, 4) is 11.6 Å². The first-order valence-corrected chi connectivity index (χ1v) is 14.8. The number of ether oxygens (including phenoxy) is 1. The number of halogens is 1. The van der Waals surface area contributed by atoms with Crippen molar-refractivity contribution < 1.29 is 18.7 Å². The van der Waals surface area contributed by atoms with Gasteiger partial charge in [-0.15, -0.1) is 11.8 Å². The smallest absolute Gasteiger partial charge is 0.244 e. The zero-order valence-corrected chi connectivity index (χ0v) is 23.0. The lowest BCUT2D eigenvalue weighted by molar-refractivity contribution is -0.144. The summed E-state index contributed by atoms with van der Waals surface area (Å²) in [5.74, 6) is 0.522. The number of thiophene rings is 1. The summed E-state index contributed by atoms with van der Waals surface area (Å²) in [7, 11) is 1.76. The molecule has 2 atom stereocenters. The summed E-state index contributed by atoms with van der Waals surface area (Å²) in [6.07, 6.45) is 3.61. The van der Waals surface area contributed by atoms with Crippen molar-refractivity contribution >= 4 is 34.8 Å². The van der Waals surface area contributed by atoms with E-state index in [1.54, 1.807) is 24.1 Å². The molecule has 1 saturated heterocycles.